The van der Waals surface area contributed by atoms with E-state index in [0.717, 1.165) is 0 Å². The van der Waals surface area contributed by atoms with E-state index in [0.29, 0.717) is 11.1 Å². The van der Waals surface area contributed by atoms with Crippen molar-refractivity contribution in [3.8, 4) is 5.75 Å². The van der Waals surface area contributed by atoms with Gasteiger partial charge in [0.25, 0.3) is 5.91 Å². The summed E-state index contributed by atoms with van der Waals surface area (Å²) in [5, 5.41) is 21.9. The van der Waals surface area contributed by atoms with E-state index in [9.17, 15) is 37.8 Å². The second kappa shape index (κ2) is 9.33. The molecule has 1 aliphatic heterocycles. The number of nitrogens with one attached hydrogen (secondary N) is 1. The number of primary amides is 1. The fourth-order valence-electron chi connectivity index (χ4n) is 6.30. The number of carbonyl (C=O) groups excluding carboxylic acids is 3. The lowest BCUT2D eigenvalue weighted by molar-refractivity contribution is -0.190. The molecule has 0 bridgehead atoms. The first-order valence-corrected chi connectivity index (χ1v) is 12.0. The van der Waals surface area contributed by atoms with Gasteiger partial charge in [-0.25, -0.2) is 0 Å². The Bertz CT molecular complexity index is 1340. The van der Waals surface area contributed by atoms with E-state index >= 15 is 0 Å². The summed E-state index contributed by atoms with van der Waals surface area (Å²) >= 11 is 0. The van der Waals surface area contributed by atoms with Gasteiger partial charge in [0.15, 0.2) is 30.6 Å². The van der Waals surface area contributed by atoms with Gasteiger partial charge in [-0.1, -0.05) is 6.07 Å². The molecule has 1 fully saturated rings. The lowest BCUT2D eigenvalue weighted by Crippen LogP contribution is -2.62. The summed E-state index contributed by atoms with van der Waals surface area (Å²) in [6.07, 6.45) is -4.22. The number of benzene rings is 1. The predicted molar refractivity (Wildman–Crippen MR) is 125 cm³/mol. The van der Waals surface area contributed by atoms with Crippen LogP contribution in [0.15, 0.2) is 34.8 Å². The number of aliphatic hydroxyl groups is 1. The minimum atomic E-state index is -4.54. The standard InChI is InChI=1S/C25H26F3N3O8/c1-31(2)18-13-6-11-5-12-10(7-30-39-8-24(26,27)28)3-4-14(32)16(12)19(33)15(11)22-25(13,38-9-37-22)21(35)17(20(18)34)23(29)36/h3-4,11,13,18,30,32,35H,5-9H2,1-2H3,(H2,29,36)/t11-,13-,18-,25+/m0/s1. The minimum Gasteiger partial charge on any atom is -0.508 e. The molecule has 5 rings (SSSR count). The van der Waals surface area contributed by atoms with Crippen LogP contribution in [0.4, 0.5) is 13.2 Å². The number of aliphatic hydroxyl groups excluding tert-OH is 1. The molecular weight excluding hydrogens is 527 g/mol. The maximum absolute atomic E-state index is 13.9. The number of amides is 1. The molecule has 1 heterocycles. The van der Waals surface area contributed by atoms with Crippen molar-refractivity contribution in [2.45, 2.75) is 37.2 Å². The molecule has 0 aromatic heterocycles. The zero-order valence-corrected chi connectivity index (χ0v) is 20.9. The van der Waals surface area contributed by atoms with Crippen LogP contribution in [0.5, 0.6) is 5.75 Å². The average molecular weight is 553 g/mol. The number of halogens is 3. The first-order valence-electron chi connectivity index (χ1n) is 12.0. The SMILES string of the molecule is CN(C)[C@@H]1C(=O)C(C(N)=O)=C(O)[C@@]23OCOC2=C2C(=O)c4c(O)ccc(CNOCC(F)(F)F)c4C[C@H]2C[C@@H]13. The van der Waals surface area contributed by atoms with Crippen LogP contribution in [-0.4, -0.2) is 77.9 Å². The fraction of sp³-hybridized carbons (Fsp3) is 0.480. The van der Waals surface area contributed by atoms with Crippen molar-refractivity contribution in [2.75, 3.05) is 27.5 Å². The van der Waals surface area contributed by atoms with Gasteiger partial charge in [-0.2, -0.15) is 18.7 Å². The molecule has 210 valence electrons. The highest BCUT2D eigenvalue weighted by Gasteiger charge is 2.66. The number of phenols is 1. The number of rotatable bonds is 6. The second-order valence-corrected chi connectivity index (χ2v) is 10.1. The molecule has 0 radical (unpaired) electrons. The molecule has 1 amide bonds. The highest BCUT2D eigenvalue weighted by Crippen LogP contribution is 2.57. The Kier molecular flexibility index (Phi) is 6.49. The molecule has 4 aliphatic rings. The van der Waals surface area contributed by atoms with Crippen LogP contribution in [0.25, 0.3) is 0 Å². The molecule has 14 heteroatoms. The second-order valence-electron chi connectivity index (χ2n) is 10.1. The number of alkyl halides is 3. The molecule has 1 aromatic carbocycles. The van der Waals surface area contributed by atoms with Gasteiger partial charge < -0.3 is 25.4 Å². The van der Waals surface area contributed by atoms with E-state index in [1.54, 1.807) is 19.0 Å². The Balaban J connectivity index is 1.62. The number of hydrogen-bond donors (Lipinski definition) is 4. The summed E-state index contributed by atoms with van der Waals surface area (Å²) in [5.74, 6) is -4.92. The molecule has 0 unspecified atom stereocenters. The third kappa shape index (κ3) is 4.09. The van der Waals surface area contributed by atoms with Crippen LogP contribution in [0, 0.1) is 11.8 Å². The lowest BCUT2D eigenvalue weighted by atomic mass is 9.59. The van der Waals surface area contributed by atoms with Gasteiger partial charge in [-0.3, -0.25) is 24.1 Å². The Morgan fingerprint density at radius 3 is 2.64 bits per heavy atom. The number of hydroxylamine groups is 1. The quantitative estimate of drug-likeness (QED) is 0.229. The maximum atomic E-state index is 13.9. The molecule has 1 aromatic rings. The van der Waals surface area contributed by atoms with E-state index in [4.69, 9.17) is 15.2 Å². The van der Waals surface area contributed by atoms with E-state index in [1.165, 1.54) is 12.1 Å². The molecule has 5 N–H and O–H groups in total. The van der Waals surface area contributed by atoms with Crippen LogP contribution in [0.1, 0.15) is 27.9 Å². The number of ether oxygens (including phenoxy) is 2. The van der Waals surface area contributed by atoms with Gasteiger partial charge in [-0.15, -0.1) is 0 Å². The first kappa shape index (κ1) is 27.1. The predicted octanol–water partition coefficient (Wildman–Crippen LogP) is 1.16. The zero-order valence-electron chi connectivity index (χ0n) is 20.9. The topological polar surface area (TPSA) is 161 Å². The van der Waals surface area contributed by atoms with Crippen LogP contribution in [-0.2, 0) is 36.9 Å². The third-order valence-corrected chi connectivity index (χ3v) is 7.74. The molecule has 1 saturated heterocycles. The van der Waals surface area contributed by atoms with Gasteiger partial charge in [0.1, 0.15) is 22.8 Å². The highest BCUT2D eigenvalue weighted by atomic mass is 19.4. The number of nitrogens with zero attached hydrogens (tertiary/aromatic N) is 1. The number of nitrogens with two attached hydrogens (primary N) is 1. The molecule has 1 spiro atoms. The summed E-state index contributed by atoms with van der Waals surface area (Å²) in [7, 11) is 3.24. The Labute approximate surface area is 219 Å². The molecule has 0 saturated carbocycles. The molecule has 11 nitrogen and oxygen atoms in total. The summed E-state index contributed by atoms with van der Waals surface area (Å²) in [4.78, 5) is 45.5. The van der Waals surface area contributed by atoms with Crippen molar-refractivity contribution in [2.24, 2.45) is 17.6 Å². The number of Topliss-reactive ketones (excluding diaryl/α,β-unsaturated/α-hetero) is 2. The van der Waals surface area contributed by atoms with Gasteiger partial charge in [0, 0.05) is 18.0 Å². The van der Waals surface area contributed by atoms with E-state index < -0.39 is 65.1 Å². The van der Waals surface area contributed by atoms with Crippen molar-refractivity contribution in [3.05, 3.63) is 51.5 Å². The number of hydrogen-bond acceptors (Lipinski definition) is 10. The maximum Gasteiger partial charge on any atom is 0.413 e. The van der Waals surface area contributed by atoms with Gasteiger partial charge in [0.05, 0.1) is 11.6 Å². The number of phenolic OH excluding ortho intramolecular Hbond substituents is 1. The van der Waals surface area contributed by atoms with E-state index in [1.807, 2.05) is 0 Å². The Morgan fingerprint density at radius 1 is 1.28 bits per heavy atom. The Hall–Kier alpha value is -3.46. The number of fused-ring (bicyclic) bond motifs is 2. The summed E-state index contributed by atoms with van der Waals surface area (Å²) in [5.41, 5.74) is 6.15. The number of carbonyl (C=O) groups is 3. The number of likely N-dealkylation sites (N-methyl/N-ethyl adjacent to an activating group) is 1. The fourth-order valence-corrected chi connectivity index (χ4v) is 6.30. The molecule has 3 aliphatic carbocycles. The zero-order chi connectivity index (χ0) is 28.4. The van der Waals surface area contributed by atoms with Crippen molar-refractivity contribution in [1.82, 2.24) is 10.4 Å². The summed E-state index contributed by atoms with van der Waals surface area (Å²) in [6, 6.07) is 1.77. The number of allylic oxidation sites excluding steroid dienone is 1. The van der Waals surface area contributed by atoms with Crippen LogP contribution in [0.2, 0.25) is 0 Å². The Morgan fingerprint density at radius 2 is 2.00 bits per heavy atom. The average Bonchev–Trinajstić information content (AvgIpc) is 3.27. The van der Waals surface area contributed by atoms with Crippen molar-refractivity contribution >= 4 is 17.5 Å². The molecule has 4 atom stereocenters. The van der Waals surface area contributed by atoms with Gasteiger partial charge in [-0.05, 0) is 50.0 Å². The van der Waals surface area contributed by atoms with E-state index in [2.05, 4.69) is 10.3 Å². The summed E-state index contributed by atoms with van der Waals surface area (Å²) < 4.78 is 49.0. The van der Waals surface area contributed by atoms with Crippen LogP contribution < -0.4 is 11.2 Å². The van der Waals surface area contributed by atoms with Crippen molar-refractivity contribution in [1.29, 1.82) is 0 Å². The first-order chi connectivity index (χ1) is 18.3. The van der Waals surface area contributed by atoms with Gasteiger partial charge >= 0.3 is 6.18 Å². The lowest BCUT2D eigenvalue weighted by Gasteiger charge is -2.50. The number of aromatic hydroxyl groups is 1. The van der Waals surface area contributed by atoms with E-state index in [-0.39, 0.29) is 48.8 Å². The largest absolute Gasteiger partial charge is 0.508 e. The molecule has 39 heavy (non-hydrogen) atoms. The van der Waals surface area contributed by atoms with Crippen LogP contribution in [0.3, 0.4) is 0 Å². The summed E-state index contributed by atoms with van der Waals surface area (Å²) in [6.45, 7) is -2.07. The highest BCUT2D eigenvalue weighted by molar-refractivity contribution is 6.22. The smallest absolute Gasteiger partial charge is 0.413 e. The van der Waals surface area contributed by atoms with Gasteiger partial charge in [0.2, 0.25) is 0 Å². The monoisotopic (exact) mass is 553 g/mol. The van der Waals surface area contributed by atoms with Crippen LogP contribution >= 0.6 is 0 Å². The normalized spacial score (nSPS) is 28.2. The molecular formula is C25H26F3N3O8. The third-order valence-electron chi connectivity index (χ3n) is 7.74. The van der Waals surface area contributed by atoms with Crippen molar-refractivity contribution < 1.29 is 52.1 Å². The minimum absolute atomic E-state index is 0.0496. The number of ketones is 2. The van der Waals surface area contributed by atoms with Crippen molar-refractivity contribution in [3.63, 3.8) is 0 Å².